The van der Waals surface area contributed by atoms with Gasteiger partial charge in [-0.05, 0) is 31.4 Å². The zero-order chi connectivity index (χ0) is 13.7. The number of hydrogen-bond donors (Lipinski definition) is 1. The summed E-state index contributed by atoms with van der Waals surface area (Å²) in [5.41, 5.74) is 0.0753. The number of aryl methyl sites for hydroxylation is 1. The molecule has 0 aromatic carbocycles. The van der Waals surface area contributed by atoms with Crippen molar-refractivity contribution in [3.63, 3.8) is 0 Å². The molecule has 0 saturated carbocycles. The summed E-state index contributed by atoms with van der Waals surface area (Å²) in [5, 5.41) is 16.0. The molecule has 1 N–H and O–H groups in total. The zero-order valence-corrected chi connectivity index (χ0v) is 11.1. The van der Waals surface area contributed by atoms with Crippen LogP contribution in [0.5, 0.6) is 0 Å². The molecule has 1 atom stereocenters. The molecular weight excluding hydrogens is 266 g/mol. The van der Waals surface area contributed by atoms with Crippen LogP contribution in [0.15, 0.2) is 22.3 Å². The molecule has 0 aliphatic rings. The standard InChI is InChI=1S/C12H11N3O3S/c1-6(12(17)18)15-10(16)9-5-8-3-4-19-11(8)14(9)7(2)13-15/h3-6H,1-2H3,(H,17,18). The molecule has 0 spiro atoms. The van der Waals surface area contributed by atoms with Crippen LogP contribution in [0.25, 0.3) is 15.7 Å². The van der Waals surface area contributed by atoms with Crippen molar-refractivity contribution >= 4 is 33.0 Å². The maximum atomic E-state index is 12.3. The molecule has 0 radical (unpaired) electrons. The van der Waals surface area contributed by atoms with E-state index in [1.807, 2.05) is 11.4 Å². The van der Waals surface area contributed by atoms with Crippen molar-refractivity contribution in [3.8, 4) is 0 Å². The number of fused-ring (bicyclic) bond motifs is 3. The monoisotopic (exact) mass is 277 g/mol. The molecule has 1 unspecified atom stereocenters. The van der Waals surface area contributed by atoms with E-state index >= 15 is 0 Å². The van der Waals surface area contributed by atoms with E-state index in [0.717, 1.165) is 14.9 Å². The molecule has 0 fully saturated rings. The van der Waals surface area contributed by atoms with Crippen LogP contribution in [0.1, 0.15) is 18.8 Å². The Balaban J connectivity index is 2.43. The normalized spacial score (nSPS) is 13.2. The summed E-state index contributed by atoms with van der Waals surface area (Å²) in [6.45, 7) is 3.20. The summed E-state index contributed by atoms with van der Waals surface area (Å²) < 4.78 is 2.80. The summed E-state index contributed by atoms with van der Waals surface area (Å²) in [5.74, 6) is -0.480. The van der Waals surface area contributed by atoms with E-state index in [-0.39, 0.29) is 5.56 Å². The molecule has 0 aliphatic heterocycles. The van der Waals surface area contributed by atoms with Gasteiger partial charge in [0.25, 0.3) is 5.56 Å². The highest BCUT2D eigenvalue weighted by Crippen LogP contribution is 2.24. The molecule has 0 saturated heterocycles. The Hall–Kier alpha value is -2.15. The average molecular weight is 277 g/mol. The van der Waals surface area contributed by atoms with E-state index < -0.39 is 12.0 Å². The predicted molar refractivity (Wildman–Crippen MR) is 71.9 cm³/mol. The number of aromatic nitrogens is 3. The quantitative estimate of drug-likeness (QED) is 0.773. The summed E-state index contributed by atoms with van der Waals surface area (Å²) in [6, 6.07) is 2.72. The van der Waals surface area contributed by atoms with Gasteiger partial charge in [-0.3, -0.25) is 9.20 Å². The Bertz CT molecular complexity index is 858. The van der Waals surface area contributed by atoms with Crippen molar-refractivity contribution in [3.05, 3.63) is 33.7 Å². The van der Waals surface area contributed by atoms with Crippen molar-refractivity contribution in [2.45, 2.75) is 19.9 Å². The molecule has 0 bridgehead atoms. The molecule has 3 heterocycles. The average Bonchev–Trinajstić information content (AvgIpc) is 2.92. The van der Waals surface area contributed by atoms with E-state index in [9.17, 15) is 9.59 Å². The van der Waals surface area contributed by atoms with E-state index in [2.05, 4.69) is 5.10 Å². The number of rotatable bonds is 2. The molecule has 3 aromatic heterocycles. The van der Waals surface area contributed by atoms with E-state index in [1.165, 1.54) is 18.3 Å². The van der Waals surface area contributed by atoms with Crippen molar-refractivity contribution < 1.29 is 9.90 Å². The van der Waals surface area contributed by atoms with E-state index in [1.54, 1.807) is 17.4 Å². The van der Waals surface area contributed by atoms with Crippen LogP contribution in [-0.4, -0.2) is 25.3 Å². The van der Waals surface area contributed by atoms with Crippen molar-refractivity contribution in [2.24, 2.45) is 0 Å². The lowest BCUT2D eigenvalue weighted by atomic mass is 10.3. The first kappa shape index (κ1) is 11.9. The van der Waals surface area contributed by atoms with Gasteiger partial charge in [-0.15, -0.1) is 11.3 Å². The third kappa shape index (κ3) is 1.58. The SMILES string of the molecule is Cc1nn(C(C)C(=O)O)c(=O)c2cc3ccsc3n12. The van der Waals surface area contributed by atoms with Gasteiger partial charge in [0.1, 0.15) is 16.2 Å². The van der Waals surface area contributed by atoms with Gasteiger partial charge < -0.3 is 5.11 Å². The highest BCUT2D eigenvalue weighted by atomic mass is 32.1. The molecule has 3 rings (SSSR count). The lowest BCUT2D eigenvalue weighted by molar-refractivity contribution is -0.140. The third-order valence-corrected chi connectivity index (χ3v) is 4.05. The molecule has 3 aromatic rings. The second-order valence-corrected chi connectivity index (χ2v) is 5.25. The number of thiophene rings is 1. The van der Waals surface area contributed by atoms with Gasteiger partial charge in [0.15, 0.2) is 6.04 Å². The van der Waals surface area contributed by atoms with Gasteiger partial charge in [-0.1, -0.05) is 0 Å². The van der Waals surface area contributed by atoms with Crippen molar-refractivity contribution in [1.29, 1.82) is 0 Å². The minimum Gasteiger partial charge on any atom is -0.480 e. The number of nitrogens with zero attached hydrogens (tertiary/aromatic N) is 3. The van der Waals surface area contributed by atoms with Crippen LogP contribution in [0, 0.1) is 6.92 Å². The van der Waals surface area contributed by atoms with Gasteiger partial charge in [-0.25, -0.2) is 9.48 Å². The van der Waals surface area contributed by atoms with Gasteiger partial charge in [0.05, 0.1) is 0 Å². The van der Waals surface area contributed by atoms with Gasteiger partial charge in [0, 0.05) is 5.39 Å². The maximum absolute atomic E-state index is 12.3. The first-order valence-corrected chi connectivity index (χ1v) is 6.59. The van der Waals surface area contributed by atoms with Crippen LogP contribution >= 0.6 is 11.3 Å². The Kier molecular flexibility index (Phi) is 2.46. The van der Waals surface area contributed by atoms with Gasteiger partial charge in [0.2, 0.25) is 0 Å². The lowest BCUT2D eigenvalue weighted by Crippen LogP contribution is -2.32. The lowest BCUT2D eigenvalue weighted by Gasteiger charge is -2.11. The number of carboxylic acids is 1. The second kappa shape index (κ2) is 3.92. The molecule has 98 valence electrons. The first-order valence-electron chi connectivity index (χ1n) is 5.71. The molecule has 0 aliphatic carbocycles. The maximum Gasteiger partial charge on any atom is 0.328 e. The van der Waals surface area contributed by atoms with E-state index in [4.69, 9.17) is 5.11 Å². The summed E-state index contributed by atoms with van der Waals surface area (Å²) in [7, 11) is 0. The Labute approximate surface area is 111 Å². The fraction of sp³-hybridized carbons (Fsp3) is 0.250. The minimum atomic E-state index is -1.08. The van der Waals surface area contributed by atoms with Crippen LogP contribution in [0.4, 0.5) is 0 Å². The molecule has 7 heteroatoms. The molecule has 19 heavy (non-hydrogen) atoms. The number of aliphatic carboxylic acids is 1. The van der Waals surface area contributed by atoms with Crippen molar-refractivity contribution in [2.75, 3.05) is 0 Å². The van der Waals surface area contributed by atoms with Crippen LogP contribution in [0.3, 0.4) is 0 Å². The predicted octanol–water partition coefficient (Wildman–Crippen LogP) is 1.66. The smallest absolute Gasteiger partial charge is 0.328 e. The molecule has 0 amide bonds. The molecule has 6 nitrogen and oxygen atoms in total. The Morgan fingerprint density at radius 2 is 2.26 bits per heavy atom. The van der Waals surface area contributed by atoms with E-state index in [0.29, 0.717) is 11.3 Å². The number of carbonyl (C=O) groups is 1. The highest BCUT2D eigenvalue weighted by molar-refractivity contribution is 7.16. The minimum absolute atomic E-state index is 0.385. The number of hydrogen-bond acceptors (Lipinski definition) is 4. The van der Waals surface area contributed by atoms with Crippen LogP contribution in [0.2, 0.25) is 0 Å². The zero-order valence-electron chi connectivity index (χ0n) is 10.3. The highest BCUT2D eigenvalue weighted by Gasteiger charge is 2.20. The summed E-state index contributed by atoms with van der Waals surface area (Å²) in [6.07, 6.45) is 0. The van der Waals surface area contributed by atoms with Gasteiger partial charge >= 0.3 is 5.97 Å². The summed E-state index contributed by atoms with van der Waals surface area (Å²) in [4.78, 5) is 24.3. The Morgan fingerprint density at radius 3 is 2.95 bits per heavy atom. The molecular formula is C12H11N3O3S. The fourth-order valence-corrected chi connectivity index (χ4v) is 3.08. The largest absolute Gasteiger partial charge is 0.480 e. The second-order valence-electron chi connectivity index (χ2n) is 4.36. The Morgan fingerprint density at radius 1 is 1.53 bits per heavy atom. The van der Waals surface area contributed by atoms with Crippen LogP contribution in [-0.2, 0) is 4.79 Å². The first-order chi connectivity index (χ1) is 9.00. The van der Waals surface area contributed by atoms with Crippen LogP contribution < -0.4 is 5.56 Å². The topological polar surface area (TPSA) is 76.6 Å². The summed E-state index contributed by atoms with van der Waals surface area (Å²) >= 11 is 1.53. The third-order valence-electron chi connectivity index (χ3n) is 3.14. The van der Waals surface area contributed by atoms with Crippen molar-refractivity contribution in [1.82, 2.24) is 14.2 Å². The van der Waals surface area contributed by atoms with Gasteiger partial charge in [-0.2, -0.15) is 5.10 Å². The number of carboxylic acid groups (broad SMARTS) is 1. The fourth-order valence-electron chi connectivity index (χ4n) is 2.13.